The maximum atomic E-state index is 11.9. The van der Waals surface area contributed by atoms with Crippen molar-refractivity contribution in [2.75, 3.05) is 53.6 Å². The average Bonchev–Trinajstić information content (AvgIpc) is 2.57. The lowest BCUT2D eigenvalue weighted by Gasteiger charge is -2.47. The molecule has 2 rings (SSSR count). The van der Waals surface area contributed by atoms with Gasteiger partial charge in [0, 0.05) is 5.75 Å². The van der Waals surface area contributed by atoms with E-state index >= 15 is 0 Å². The number of carbonyl (C=O) groups is 2. The number of aliphatic carboxylic acids is 1. The molecule has 0 aromatic carbocycles. The van der Waals surface area contributed by atoms with Crippen LogP contribution >= 0.6 is 11.8 Å². The number of nitrogens with two attached hydrogens (primary N) is 1. The van der Waals surface area contributed by atoms with Crippen LogP contribution in [-0.2, 0) is 9.59 Å². The largest absolute Gasteiger partial charge is 0.477 e. The smallest absolute Gasteiger partial charge is 0.352 e. The molecule has 0 radical (unpaired) electrons. The molecule has 3 N–H and O–H groups in total. The standard InChI is InChI=1S/C18H30N4O3S/c1-20(2)9-5-6-10-22(3,4)11-7-8-13-12-26-17-14(19)16(23)21(17)15(13)18(24)25/h7-8,14,17H,5-6,9-12,19H2,1-4H3/p+1/t14-,17-/m1/s1. The summed E-state index contributed by atoms with van der Waals surface area (Å²) in [6.07, 6.45) is 6.21. The fraction of sp³-hybridized carbons (Fsp3) is 0.667. The fourth-order valence-electron chi connectivity index (χ4n) is 3.21. The summed E-state index contributed by atoms with van der Waals surface area (Å²) in [7, 11) is 8.52. The van der Waals surface area contributed by atoms with Crippen molar-refractivity contribution in [1.29, 1.82) is 0 Å². The zero-order valence-electron chi connectivity index (χ0n) is 16.1. The Morgan fingerprint density at radius 1 is 1.42 bits per heavy atom. The minimum Gasteiger partial charge on any atom is -0.477 e. The van der Waals surface area contributed by atoms with Gasteiger partial charge in [0.25, 0.3) is 0 Å². The van der Waals surface area contributed by atoms with E-state index in [1.165, 1.54) is 23.1 Å². The van der Waals surface area contributed by atoms with Gasteiger partial charge in [0.05, 0.1) is 27.2 Å². The van der Waals surface area contributed by atoms with Crippen LogP contribution in [0.5, 0.6) is 0 Å². The summed E-state index contributed by atoms with van der Waals surface area (Å²) >= 11 is 1.53. The molecule has 1 fully saturated rings. The van der Waals surface area contributed by atoms with E-state index in [1.54, 1.807) is 0 Å². The van der Waals surface area contributed by atoms with Crippen LogP contribution in [0.25, 0.3) is 0 Å². The van der Waals surface area contributed by atoms with Crippen LogP contribution in [0.1, 0.15) is 12.8 Å². The Balaban J connectivity index is 1.97. The lowest BCUT2D eigenvalue weighted by atomic mass is 10.0. The molecule has 0 aromatic rings. The van der Waals surface area contributed by atoms with Crippen molar-refractivity contribution < 1.29 is 19.2 Å². The Hall–Kier alpha value is -1.35. The van der Waals surface area contributed by atoms with Crippen LogP contribution < -0.4 is 5.73 Å². The van der Waals surface area contributed by atoms with E-state index in [-0.39, 0.29) is 17.0 Å². The molecule has 2 heterocycles. The predicted octanol–water partition coefficient (Wildman–Crippen LogP) is 0.542. The Morgan fingerprint density at radius 3 is 2.73 bits per heavy atom. The number of fused-ring (bicyclic) bond motifs is 1. The summed E-state index contributed by atoms with van der Waals surface area (Å²) in [4.78, 5) is 27.1. The van der Waals surface area contributed by atoms with E-state index in [4.69, 9.17) is 5.73 Å². The molecule has 0 unspecified atom stereocenters. The number of rotatable bonds is 9. The first-order chi connectivity index (χ1) is 12.1. The Bertz CT molecular complexity index is 616. The molecule has 26 heavy (non-hydrogen) atoms. The number of β-lactam (4-membered cyclic amide) rings is 1. The number of amides is 1. The van der Waals surface area contributed by atoms with Crippen molar-refractivity contribution in [3.63, 3.8) is 0 Å². The zero-order chi connectivity index (χ0) is 19.5. The minimum absolute atomic E-state index is 0.0907. The zero-order valence-corrected chi connectivity index (χ0v) is 17.0. The van der Waals surface area contributed by atoms with Gasteiger partial charge >= 0.3 is 5.97 Å². The van der Waals surface area contributed by atoms with Crippen molar-refractivity contribution in [3.8, 4) is 0 Å². The third-order valence-corrected chi connectivity index (χ3v) is 6.10. The summed E-state index contributed by atoms with van der Waals surface area (Å²) in [5.74, 6) is -0.800. The number of hydrogen-bond acceptors (Lipinski definition) is 5. The number of likely N-dealkylation sites (N-methyl/N-ethyl adjacent to an activating group) is 1. The van der Waals surface area contributed by atoms with E-state index in [0.29, 0.717) is 11.3 Å². The van der Waals surface area contributed by atoms with Crippen LogP contribution in [0.15, 0.2) is 23.4 Å². The van der Waals surface area contributed by atoms with Gasteiger partial charge < -0.3 is 20.2 Å². The Morgan fingerprint density at radius 2 is 2.12 bits per heavy atom. The van der Waals surface area contributed by atoms with Gasteiger partial charge in [0.2, 0.25) is 5.91 Å². The predicted molar refractivity (Wildman–Crippen MR) is 104 cm³/mol. The molecule has 8 heteroatoms. The van der Waals surface area contributed by atoms with Crippen molar-refractivity contribution in [2.24, 2.45) is 5.73 Å². The molecule has 0 saturated carbocycles. The lowest BCUT2D eigenvalue weighted by molar-refractivity contribution is -0.884. The van der Waals surface area contributed by atoms with Crippen LogP contribution in [0.4, 0.5) is 0 Å². The summed E-state index contributed by atoms with van der Waals surface area (Å²) in [6.45, 7) is 2.98. The van der Waals surface area contributed by atoms with Crippen molar-refractivity contribution in [1.82, 2.24) is 9.80 Å². The maximum Gasteiger partial charge on any atom is 0.352 e. The van der Waals surface area contributed by atoms with Crippen molar-refractivity contribution in [3.05, 3.63) is 23.4 Å². The summed E-state index contributed by atoms with van der Waals surface area (Å²) in [5.41, 5.74) is 6.54. The molecular weight excluding hydrogens is 352 g/mol. The Labute approximate surface area is 160 Å². The third kappa shape index (κ3) is 4.88. The number of allylic oxidation sites excluding steroid dienone is 1. The normalized spacial score (nSPS) is 23.6. The number of quaternary nitrogens is 1. The number of carbonyl (C=O) groups excluding carboxylic acids is 1. The third-order valence-electron chi connectivity index (χ3n) is 4.78. The first-order valence-electron chi connectivity index (χ1n) is 8.94. The number of hydrogen-bond donors (Lipinski definition) is 2. The van der Waals surface area contributed by atoms with E-state index in [2.05, 4.69) is 33.1 Å². The van der Waals surface area contributed by atoms with Gasteiger partial charge in [-0.25, -0.2) is 4.79 Å². The van der Waals surface area contributed by atoms with Gasteiger partial charge in [0.15, 0.2) is 0 Å². The number of unbranched alkanes of at least 4 members (excludes halogenated alkanes) is 1. The molecule has 0 aromatic heterocycles. The topological polar surface area (TPSA) is 86.9 Å². The second-order valence-electron chi connectivity index (χ2n) is 7.87. The average molecular weight is 384 g/mol. The highest BCUT2D eigenvalue weighted by Gasteiger charge is 2.51. The molecule has 146 valence electrons. The Kier molecular flexibility index (Phi) is 6.90. The SMILES string of the molecule is CN(C)CCCC[N+](C)(C)CC=CC1=C(C(=O)O)N2C(=O)[C@@H](N)[C@H]2SC1. The number of carboxylic acids is 1. The second-order valence-corrected chi connectivity index (χ2v) is 8.97. The number of nitrogens with zero attached hydrogens (tertiary/aromatic N) is 3. The van der Waals surface area contributed by atoms with Gasteiger partial charge in [-0.15, -0.1) is 11.8 Å². The number of thioether (sulfide) groups is 1. The molecule has 7 nitrogen and oxygen atoms in total. The van der Waals surface area contributed by atoms with Crippen molar-refractivity contribution in [2.45, 2.75) is 24.3 Å². The van der Waals surface area contributed by atoms with Gasteiger partial charge in [0.1, 0.15) is 17.1 Å². The van der Waals surface area contributed by atoms with Gasteiger partial charge in [-0.1, -0.05) is 6.08 Å². The fourth-order valence-corrected chi connectivity index (χ4v) is 4.47. The molecule has 2 aliphatic heterocycles. The van der Waals surface area contributed by atoms with Crippen molar-refractivity contribution >= 4 is 23.6 Å². The van der Waals surface area contributed by atoms with E-state index < -0.39 is 12.0 Å². The lowest BCUT2D eigenvalue weighted by Crippen LogP contribution is -2.68. The molecular formula is C18H31N4O3S+. The molecule has 0 spiro atoms. The highest BCUT2D eigenvalue weighted by molar-refractivity contribution is 8.00. The van der Waals surface area contributed by atoms with Crippen LogP contribution in [0.3, 0.4) is 0 Å². The monoisotopic (exact) mass is 383 g/mol. The van der Waals surface area contributed by atoms with Gasteiger partial charge in [-0.3, -0.25) is 9.69 Å². The highest BCUT2D eigenvalue weighted by Crippen LogP contribution is 2.39. The van der Waals surface area contributed by atoms with Gasteiger partial charge in [-0.05, 0) is 45.1 Å². The molecule has 0 bridgehead atoms. The quantitative estimate of drug-likeness (QED) is 0.343. The van der Waals surface area contributed by atoms with E-state index in [9.17, 15) is 14.7 Å². The molecule has 1 amide bonds. The summed E-state index contributed by atoms with van der Waals surface area (Å²) < 4.78 is 0.850. The van der Waals surface area contributed by atoms with Gasteiger partial charge in [-0.2, -0.15) is 0 Å². The molecule has 1 saturated heterocycles. The van der Waals surface area contributed by atoms with E-state index in [0.717, 1.165) is 30.5 Å². The highest BCUT2D eigenvalue weighted by atomic mass is 32.2. The first kappa shape index (κ1) is 21.0. The van der Waals surface area contributed by atoms with Crippen LogP contribution in [-0.4, -0.2) is 96.3 Å². The molecule has 2 aliphatic rings. The summed E-state index contributed by atoms with van der Waals surface area (Å²) in [6, 6.07) is -0.586. The van der Waals surface area contributed by atoms with Crippen LogP contribution in [0.2, 0.25) is 0 Å². The molecule has 2 atom stereocenters. The summed E-state index contributed by atoms with van der Waals surface area (Å²) in [5, 5.41) is 9.30. The van der Waals surface area contributed by atoms with E-state index in [1.807, 2.05) is 12.2 Å². The first-order valence-corrected chi connectivity index (χ1v) is 9.99. The second kappa shape index (κ2) is 8.56. The number of carboxylic acid groups (broad SMARTS) is 1. The maximum absolute atomic E-state index is 11.9. The minimum atomic E-state index is -1.06. The molecule has 0 aliphatic carbocycles. The van der Waals surface area contributed by atoms with Crippen LogP contribution in [0, 0.1) is 0 Å².